The third-order valence-corrected chi connectivity index (χ3v) is 4.66. The zero-order valence-corrected chi connectivity index (χ0v) is 18.2. The molecule has 0 fully saturated rings. The Hall–Kier alpha value is -3.52. The Bertz CT molecular complexity index is 815. The molecule has 1 rings (SSSR count). The van der Waals surface area contributed by atoms with Crippen molar-refractivity contribution in [2.75, 3.05) is 6.54 Å². The van der Waals surface area contributed by atoms with E-state index in [1.165, 1.54) is 19.4 Å². The summed E-state index contributed by atoms with van der Waals surface area (Å²) >= 11 is 0. The van der Waals surface area contributed by atoms with Gasteiger partial charge in [-0.25, -0.2) is 9.78 Å². The maximum absolute atomic E-state index is 12.7. The van der Waals surface area contributed by atoms with Gasteiger partial charge in [-0.05, 0) is 32.7 Å². The molecule has 14 heteroatoms. The molecule has 0 aliphatic heterocycles. The second-order valence-corrected chi connectivity index (χ2v) is 7.46. The van der Waals surface area contributed by atoms with Crippen LogP contribution in [0.4, 0.5) is 0 Å². The minimum Gasteiger partial charge on any atom is -0.481 e. The van der Waals surface area contributed by atoms with E-state index in [-0.39, 0.29) is 12.8 Å². The number of unbranched alkanes of at least 4 members (excludes halogenated alkanes) is 1. The minimum absolute atomic E-state index is 0.0407. The van der Waals surface area contributed by atoms with Crippen molar-refractivity contribution in [1.82, 2.24) is 25.9 Å². The fourth-order valence-electron chi connectivity index (χ4n) is 2.81. The number of nitrogens with two attached hydrogens (primary N) is 2. The molecule has 1 aromatic rings. The number of hydrogen-bond donors (Lipinski definition) is 8. The van der Waals surface area contributed by atoms with Crippen molar-refractivity contribution < 1.29 is 34.2 Å². The monoisotopic (exact) mass is 469 g/mol. The molecule has 0 radical (unpaired) electrons. The Kier molecular flexibility index (Phi) is 11.5. The molecule has 1 aromatic heterocycles. The fraction of sp³-hybridized carbons (Fsp3) is 0.579. The molecule has 1 heterocycles. The molecule has 10 N–H and O–H groups in total. The molecule has 33 heavy (non-hydrogen) atoms. The molecule has 4 unspecified atom stereocenters. The van der Waals surface area contributed by atoms with Crippen LogP contribution in [0.2, 0.25) is 0 Å². The molecule has 4 atom stereocenters. The molecule has 0 aliphatic carbocycles. The first kappa shape index (κ1) is 27.5. The van der Waals surface area contributed by atoms with Gasteiger partial charge in [-0.15, -0.1) is 0 Å². The van der Waals surface area contributed by atoms with Crippen LogP contribution in [0.15, 0.2) is 12.5 Å². The number of aliphatic carboxylic acids is 2. The first-order valence-corrected chi connectivity index (χ1v) is 10.3. The van der Waals surface area contributed by atoms with Crippen LogP contribution in [0.3, 0.4) is 0 Å². The summed E-state index contributed by atoms with van der Waals surface area (Å²) in [5.41, 5.74) is 11.5. The van der Waals surface area contributed by atoms with Crippen molar-refractivity contribution in [3.05, 3.63) is 18.2 Å². The van der Waals surface area contributed by atoms with Crippen molar-refractivity contribution in [2.45, 2.75) is 63.2 Å². The molecule has 0 spiro atoms. The largest absolute Gasteiger partial charge is 0.481 e. The van der Waals surface area contributed by atoms with E-state index < -0.39 is 60.2 Å². The number of nitrogens with one attached hydrogen (secondary N) is 4. The molecule has 0 aromatic carbocycles. The number of nitrogens with zero attached hydrogens (tertiary/aromatic N) is 1. The highest BCUT2D eigenvalue weighted by Gasteiger charge is 2.28. The van der Waals surface area contributed by atoms with Gasteiger partial charge in [0.1, 0.15) is 18.1 Å². The third kappa shape index (κ3) is 10.1. The van der Waals surface area contributed by atoms with Crippen LogP contribution < -0.4 is 27.4 Å². The number of carbonyl (C=O) groups excluding carboxylic acids is 3. The number of amides is 3. The maximum atomic E-state index is 12.7. The van der Waals surface area contributed by atoms with Gasteiger partial charge in [0.15, 0.2) is 0 Å². The van der Waals surface area contributed by atoms with E-state index in [1.807, 2.05) is 0 Å². The number of carboxylic acids is 2. The maximum Gasteiger partial charge on any atom is 0.326 e. The molecule has 3 amide bonds. The highest BCUT2D eigenvalue weighted by Crippen LogP contribution is 2.04. The predicted octanol–water partition coefficient (Wildman–Crippen LogP) is -2.56. The van der Waals surface area contributed by atoms with Gasteiger partial charge in [0.2, 0.25) is 17.7 Å². The van der Waals surface area contributed by atoms with Gasteiger partial charge in [-0.1, -0.05) is 0 Å². The van der Waals surface area contributed by atoms with E-state index in [0.717, 1.165) is 0 Å². The van der Waals surface area contributed by atoms with E-state index in [2.05, 4.69) is 25.9 Å². The topological polar surface area (TPSA) is 243 Å². The van der Waals surface area contributed by atoms with Gasteiger partial charge < -0.3 is 42.6 Å². The third-order valence-electron chi connectivity index (χ3n) is 4.66. The first-order valence-electron chi connectivity index (χ1n) is 10.3. The minimum atomic E-state index is -1.35. The van der Waals surface area contributed by atoms with Crippen molar-refractivity contribution in [3.63, 3.8) is 0 Å². The zero-order valence-electron chi connectivity index (χ0n) is 18.2. The highest BCUT2D eigenvalue weighted by atomic mass is 16.4. The molecular weight excluding hydrogens is 438 g/mol. The smallest absolute Gasteiger partial charge is 0.326 e. The van der Waals surface area contributed by atoms with E-state index >= 15 is 0 Å². The lowest BCUT2D eigenvalue weighted by atomic mass is 10.1. The van der Waals surface area contributed by atoms with Gasteiger partial charge in [-0.2, -0.15) is 0 Å². The van der Waals surface area contributed by atoms with E-state index in [1.54, 1.807) is 0 Å². The molecule has 0 saturated carbocycles. The average molecular weight is 469 g/mol. The number of carbonyl (C=O) groups is 5. The standard InChI is InChI=1S/C19H31N7O7/c1-10(16(29)26-14(19(32)33)6-11-8-22-9-23-11)24-18(31)13(4-2-3-5-20)25-17(30)12(21)7-15(27)28/h8-10,12-14H,2-7,20-21H2,1H3,(H,22,23)(H,24,31)(H,25,30)(H,26,29)(H,27,28)(H,32,33). The normalized spacial score (nSPS) is 14.4. The molecule has 0 saturated heterocycles. The van der Waals surface area contributed by atoms with Crippen LogP contribution in [0.25, 0.3) is 0 Å². The summed E-state index contributed by atoms with van der Waals surface area (Å²) in [4.78, 5) is 66.1. The first-order chi connectivity index (χ1) is 15.5. The van der Waals surface area contributed by atoms with Crippen LogP contribution in [-0.2, 0) is 30.4 Å². The summed E-state index contributed by atoms with van der Waals surface area (Å²) in [6.07, 6.45) is 3.38. The van der Waals surface area contributed by atoms with Crippen molar-refractivity contribution in [2.24, 2.45) is 11.5 Å². The summed E-state index contributed by atoms with van der Waals surface area (Å²) in [7, 11) is 0. The predicted molar refractivity (Wildman–Crippen MR) is 115 cm³/mol. The zero-order chi connectivity index (χ0) is 25.0. The highest BCUT2D eigenvalue weighted by molar-refractivity contribution is 5.94. The number of carboxylic acid groups (broad SMARTS) is 2. The molecular formula is C19H31N7O7. The number of hydrogen-bond acceptors (Lipinski definition) is 8. The van der Waals surface area contributed by atoms with E-state index in [0.29, 0.717) is 25.1 Å². The van der Waals surface area contributed by atoms with E-state index in [9.17, 15) is 29.1 Å². The molecule has 0 bridgehead atoms. The van der Waals surface area contributed by atoms with Crippen LogP contribution in [0.1, 0.15) is 38.3 Å². The molecule has 0 aliphatic rings. The van der Waals surface area contributed by atoms with Crippen LogP contribution in [0, 0.1) is 0 Å². The van der Waals surface area contributed by atoms with Gasteiger partial charge in [0, 0.05) is 18.3 Å². The quantitative estimate of drug-likeness (QED) is 0.125. The van der Waals surface area contributed by atoms with Crippen molar-refractivity contribution >= 4 is 29.7 Å². The second-order valence-electron chi connectivity index (χ2n) is 7.46. The second kappa shape index (κ2) is 13.8. The van der Waals surface area contributed by atoms with Gasteiger partial charge in [-0.3, -0.25) is 19.2 Å². The summed E-state index contributed by atoms with van der Waals surface area (Å²) < 4.78 is 0. The average Bonchev–Trinajstić information content (AvgIpc) is 3.24. The number of aromatic nitrogens is 2. The summed E-state index contributed by atoms with van der Waals surface area (Å²) in [5.74, 6) is -4.81. The van der Waals surface area contributed by atoms with Gasteiger partial charge in [0.05, 0.1) is 18.8 Å². The number of aromatic amines is 1. The number of H-pyrrole nitrogens is 1. The van der Waals surface area contributed by atoms with Crippen LogP contribution >= 0.6 is 0 Å². The van der Waals surface area contributed by atoms with Crippen LogP contribution in [-0.4, -0.2) is 80.6 Å². The van der Waals surface area contributed by atoms with Crippen LogP contribution in [0.5, 0.6) is 0 Å². The molecule has 14 nitrogen and oxygen atoms in total. The van der Waals surface area contributed by atoms with Crippen molar-refractivity contribution in [3.8, 4) is 0 Å². The Morgan fingerprint density at radius 1 is 1.03 bits per heavy atom. The Labute approximate surface area is 189 Å². The summed E-state index contributed by atoms with van der Waals surface area (Å²) in [6.45, 7) is 1.73. The Morgan fingerprint density at radius 3 is 2.24 bits per heavy atom. The van der Waals surface area contributed by atoms with Crippen molar-refractivity contribution in [1.29, 1.82) is 0 Å². The van der Waals surface area contributed by atoms with Gasteiger partial charge >= 0.3 is 11.9 Å². The Morgan fingerprint density at radius 2 is 1.70 bits per heavy atom. The lowest BCUT2D eigenvalue weighted by Gasteiger charge is -2.23. The summed E-state index contributed by atoms with van der Waals surface area (Å²) in [5, 5.41) is 25.3. The SMILES string of the molecule is CC(NC(=O)C(CCCCN)NC(=O)C(N)CC(=O)O)C(=O)NC(Cc1cnc[nH]1)C(=O)O. The van der Waals surface area contributed by atoms with E-state index in [4.69, 9.17) is 16.6 Å². The summed E-state index contributed by atoms with van der Waals surface area (Å²) in [6, 6.07) is -4.82. The van der Waals surface area contributed by atoms with Gasteiger partial charge in [0.25, 0.3) is 0 Å². The fourth-order valence-corrected chi connectivity index (χ4v) is 2.81. The lowest BCUT2D eigenvalue weighted by Crippen LogP contribution is -2.56. The Balaban J connectivity index is 2.75. The lowest BCUT2D eigenvalue weighted by molar-refractivity contribution is -0.142. The number of imidazole rings is 1. The molecule has 184 valence electrons. The number of rotatable bonds is 15.